The van der Waals surface area contributed by atoms with Crippen LogP contribution in [0.1, 0.15) is 13.3 Å². The fourth-order valence-corrected chi connectivity index (χ4v) is 18.3. The molecule has 1 heterocycles. The van der Waals surface area contributed by atoms with E-state index < -0.39 is 33.8 Å². The largest absolute Gasteiger partial charge is 0.487 e. The molecule has 0 radical (unpaired) electrons. The van der Waals surface area contributed by atoms with Crippen molar-refractivity contribution in [2.45, 2.75) is 77.9 Å². The van der Waals surface area contributed by atoms with Crippen molar-refractivity contribution in [3.8, 4) is 0 Å². The first-order chi connectivity index (χ1) is 13.5. The van der Waals surface area contributed by atoms with Gasteiger partial charge in [-0.3, -0.25) is 4.90 Å². The maximum absolute atomic E-state index is 12.1. The second-order valence-electron chi connectivity index (χ2n) is 10.7. The Morgan fingerprint density at radius 3 is 1.57 bits per heavy atom. The topological polar surface area (TPSA) is 60.5 Å². The van der Waals surface area contributed by atoms with Crippen LogP contribution in [0.4, 0.5) is 4.79 Å². The minimum absolute atomic E-state index is 0.0836. The van der Waals surface area contributed by atoms with Gasteiger partial charge in [-0.1, -0.05) is 13.5 Å². The van der Waals surface area contributed by atoms with E-state index in [4.69, 9.17) is 17.1 Å². The Morgan fingerprint density at radius 1 is 0.867 bits per heavy atom. The molecule has 11 heteroatoms. The van der Waals surface area contributed by atoms with Gasteiger partial charge in [-0.15, -0.1) is 0 Å². The predicted octanol–water partition coefficient (Wildman–Crippen LogP) is 4.70. The summed E-state index contributed by atoms with van der Waals surface area (Å²) in [6.45, 7) is 28.3. The van der Waals surface area contributed by atoms with Crippen molar-refractivity contribution in [1.82, 2.24) is 9.80 Å². The molecule has 1 saturated heterocycles. The molecule has 1 aliphatic heterocycles. The van der Waals surface area contributed by atoms with Gasteiger partial charge >= 0.3 is 14.9 Å². The van der Waals surface area contributed by atoms with E-state index in [2.05, 4.69) is 77.3 Å². The van der Waals surface area contributed by atoms with Crippen LogP contribution in [-0.4, -0.2) is 81.5 Å². The van der Waals surface area contributed by atoms with Crippen LogP contribution < -0.4 is 0 Å². The Labute approximate surface area is 188 Å². The standard InChI is InChI=1S/C19H44N2O5Si4/c1-12-18(20-14-16-21(17-15-20)19(22)23-13-2)30(24-27(3,4)5,25-28(6,7)8)26-29(9,10)11/h13,18H,2,12,14-17H2,1,3-11H3. The molecule has 0 bridgehead atoms. The van der Waals surface area contributed by atoms with Crippen LogP contribution >= 0.6 is 0 Å². The predicted molar refractivity (Wildman–Crippen MR) is 133 cm³/mol. The molecular weight excluding hydrogens is 449 g/mol. The number of carbonyl (C=O) groups is 1. The van der Waals surface area contributed by atoms with E-state index in [9.17, 15) is 4.79 Å². The molecule has 30 heavy (non-hydrogen) atoms. The van der Waals surface area contributed by atoms with Crippen molar-refractivity contribution < 1.29 is 21.9 Å². The fourth-order valence-electron chi connectivity index (χ4n) is 3.64. The van der Waals surface area contributed by atoms with E-state index in [1.165, 1.54) is 6.26 Å². The van der Waals surface area contributed by atoms with Gasteiger partial charge in [0.15, 0.2) is 25.0 Å². The van der Waals surface area contributed by atoms with E-state index in [0.717, 1.165) is 19.5 Å². The van der Waals surface area contributed by atoms with E-state index in [1.54, 1.807) is 4.90 Å². The first-order valence-electron chi connectivity index (χ1n) is 10.9. The molecule has 0 aliphatic carbocycles. The summed E-state index contributed by atoms with van der Waals surface area (Å²) in [7, 11) is -8.85. The summed E-state index contributed by atoms with van der Waals surface area (Å²) in [5.41, 5.74) is 0.0836. The van der Waals surface area contributed by atoms with Crippen LogP contribution in [0.2, 0.25) is 58.9 Å². The fraction of sp³-hybridized carbons (Fsp3) is 0.842. The lowest BCUT2D eigenvalue weighted by atomic mass is 10.3. The molecule has 1 aliphatic rings. The molecule has 0 saturated carbocycles. The van der Waals surface area contributed by atoms with Gasteiger partial charge in [0.2, 0.25) is 0 Å². The highest BCUT2D eigenvalue weighted by Gasteiger charge is 2.57. The highest BCUT2D eigenvalue weighted by molar-refractivity contribution is 6.90. The Morgan fingerprint density at radius 2 is 1.27 bits per heavy atom. The molecule has 1 unspecified atom stereocenters. The number of hydrogen-bond donors (Lipinski definition) is 0. The SMILES string of the molecule is C=COC(=O)N1CCN(C(CC)[Si](O[Si](C)(C)C)(O[Si](C)(C)C)O[Si](C)(C)C)CC1. The van der Waals surface area contributed by atoms with Crippen LogP contribution in [0.3, 0.4) is 0 Å². The van der Waals surface area contributed by atoms with Crippen molar-refractivity contribution in [2.75, 3.05) is 26.2 Å². The van der Waals surface area contributed by atoms with Crippen LogP contribution in [0, 0.1) is 0 Å². The number of hydrogen-bond acceptors (Lipinski definition) is 6. The monoisotopic (exact) mass is 492 g/mol. The lowest BCUT2D eigenvalue weighted by molar-refractivity contribution is 0.0774. The molecule has 7 nitrogen and oxygen atoms in total. The zero-order valence-electron chi connectivity index (χ0n) is 20.8. The van der Waals surface area contributed by atoms with Gasteiger partial charge in [0, 0.05) is 26.2 Å². The Kier molecular flexibility index (Phi) is 9.76. The summed E-state index contributed by atoms with van der Waals surface area (Å²) in [6.07, 6.45) is 1.74. The molecule has 1 amide bonds. The van der Waals surface area contributed by atoms with Gasteiger partial charge in [0.25, 0.3) is 0 Å². The zero-order chi connectivity index (χ0) is 23.4. The number of ether oxygens (including phenoxy) is 1. The highest BCUT2D eigenvalue weighted by atomic mass is 28.5. The average molecular weight is 493 g/mol. The third-order valence-corrected chi connectivity index (χ3v) is 16.7. The molecular formula is C19H44N2O5Si4. The molecule has 0 aromatic rings. The molecule has 0 aromatic heterocycles. The van der Waals surface area contributed by atoms with Crippen LogP contribution in [0.15, 0.2) is 12.8 Å². The minimum atomic E-state index is -3.02. The van der Waals surface area contributed by atoms with Crippen molar-refractivity contribution in [1.29, 1.82) is 0 Å². The molecule has 0 spiro atoms. The second kappa shape index (κ2) is 10.6. The normalized spacial score (nSPS) is 18.3. The second-order valence-corrected chi connectivity index (χ2v) is 27.7. The first kappa shape index (κ1) is 27.8. The number of rotatable bonds is 10. The Hall–Kier alpha value is -0.282. The van der Waals surface area contributed by atoms with E-state index in [-0.39, 0.29) is 11.8 Å². The van der Waals surface area contributed by atoms with Gasteiger partial charge in [0.1, 0.15) is 0 Å². The van der Waals surface area contributed by atoms with E-state index in [1.807, 2.05) is 0 Å². The van der Waals surface area contributed by atoms with Crippen molar-refractivity contribution >= 4 is 39.8 Å². The van der Waals surface area contributed by atoms with Gasteiger partial charge < -0.3 is 22.0 Å². The third-order valence-electron chi connectivity index (χ3n) is 4.34. The van der Waals surface area contributed by atoms with Gasteiger partial charge in [-0.2, -0.15) is 0 Å². The van der Waals surface area contributed by atoms with Crippen molar-refractivity contribution in [2.24, 2.45) is 0 Å². The zero-order valence-corrected chi connectivity index (χ0v) is 24.8. The summed E-state index contributed by atoms with van der Waals surface area (Å²) >= 11 is 0. The van der Waals surface area contributed by atoms with Crippen molar-refractivity contribution in [3.05, 3.63) is 12.8 Å². The summed E-state index contributed by atoms with van der Waals surface area (Å²) in [5, 5.41) is 0. The van der Waals surface area contributed by atoms with E-state index >= 15 is 0 Å². The maximum atomic E-state index is 12.1. The van der Waals surface area contributed by atoms with Gasteiger partial charge in [-0.25, -0.2) is 4.79 Å². The molecule has 1 atom stereocenters. The highest BCUT2D eigenvalue weighted by Crippen LogP contribution is 2.32. The number of piperazine rings is 1. The number of amides is 1. The average Bonchev–Trinajstić information content (AvgIpc) is 2.51. The number of carbonyl (C=O) groups excluding carboxylic acids is 1. The summed E-state index contributed by atoms with van der Waals surface area (Å²) in [6, 6.07) is 0. The molecule has 1 fully saturated rings. The Balaban J connectivity index is 3.27. The lowest BCUT2D eigenvalue weighted by Crippen LogP contribution is -2.71. The van der Waals surface area contributed by atoms with Crippen LogP contribution in [0.5, 0.6) is 0 Å². The summed E-state index contributed by atoms with van der Waals surface area (Å²) in [5.74, 6) is 0. The quantitative estimate of drug-likeness (QED) is 0.325. The molecule has 1 rings (SSSR count). The van der Waals surface area contributed by atoms with E-state index in [0.29, 0.717) is 13.1 Å². The molecule has 0 N–H and O–H groups in total. The van der Waals surface area contributed by atoms with Gasteiger partial charge in [0.05, 0.1) is 11.9 Å². The molecule has 176 valence electrons. The van der Waals surface area contributed by atoms with Crippen molar-refractivity contribution in [3.63, 3.8) is 0 Å². The molecule has 0 aromatic carbocycles. The minimum Gasteiger partial charge on any atom is -0.419 e. The summed E-state index contributed by atoms with van der Waals surface area (Å²) < 4.78 is 25.8. The Bertz CT molecular complexity index is 538. The van der Waals surface area contributed by atoms with Gasteiger partial charge in [-0.05, 0) is 65.3 Å². The number of nitrogens with zero attached hydrogens (tertiary/aromatic N) is 2. The van der Waals surface area contributed by atoms with Crippen LogP contribution in [-0.2, 0) is 17.1 Å². The lowest BCUT2D eigenvalue weighted by Gasteiger charge is -2.50. The van der Waals surface area contributed by atoms with Crippen LogP contribution in [0.25, 0.3) is 0 Å². The summed E-state index contributed by atoms with van der Waals surface area (Å²) in [4.78, 5) is 16.2. The first-order valence-corrected chi connectivity index (χ1v) is 23.0. The maximum Gasteiger partial charge on any atom is 0.487 e. The smallest absolute Gasteiger partial charge is 0.419 e. The third kappa shape index (κ3) is 9.07.